The SMILES string of the molecule is CC1(S(=O)(=O)O)CC[N+]12C(=CC1Sc3ccc(Cl)cc3[N+]13CCC3(C)S(=O)(=O)O)Sc1ccc(Cl)cc12. The number of quaternary nitrogens is 2. The molecule has 2 saturated heterocycles. The molecule has 8 nitrogen and oxygen atoms in total. The van der Waals surface area contributed by atoms with Gasteiger partial charge in [-0.05, 0) is 36.0 Å². The largest absolute Gasteiger partial charge is 0.323 e. The van der Waals surface area contributed by atoms with Gasteiger partial charge in [0.25, 0.3) is 0 Å². The highest BCUT2D eigenvalue weighted by atomic mass is 35.5. The van der Waals surface area contributed by atoms with Crippen LogP contribution >= 0.6 is 46.7 Å². The fraction of sp³-hybridized carbons (Fsp3) is 0.391. The van der Waals surface area contributed by atoms with E-state index in [2.05, 4.69) is 0 Å². The molecule has 0 radical (unpaired) electrons. The maximum atomic E-state index is 12.8. The first-order chi connectivity index (χ1) is 17.1. The molecule has 6 rings (SSSR count). The molecule has 5 atom stereocenters. The molecular weight excluding hydrogens is 599 g/mol. The van der Waals surface area contributed by atoms with Crippen molar-refractivity contribution in [3.63, 3.8) is 0 Å². The van der Waals surface area contributed by atoms with Crippen LogP contribution in [0.5, 0.6) is 0 Å². The van der Waals surface area contributed by atoms with Crippen molar-refractivity contribution in [2.45, 2.75) is 51.6 Å². The second kappa shape index (κ2) is 7.90. The smallest absolute Gasteiger partial charge is 0.281 e. The first-order valence-electron chi connectivity index (χ1n) is 11.5. The van der Waals surface area contributed by atoms with Crippen molar-refractivity contribution in [1.29, 1.82) is 0 Å². The average molecular weight is 624 g/mol. The number of thioether (sulfide) groups is 2. The number of fused-ring (bicyclic) bond motifs is 4. The highest BCUT2D eigenvalue weighted by molar-refractivity contribution is 8.04. The molecule has 2 aromatic carbocycles. The second-order valence-corrected chi connectivity index (χ2v) is 17.0. The first-order valence-corrected chi connectivity index (χ1v) is 16.8. The lowest BCUT2D eigenvalue weighted by atomic mass is 9.94. The number of rotatable bonds is 3. The van der Waals surface area contributed by atoms with Gasteiger partial charge in [0.15, 0.2) is 21.8 Å². The summed E-state index contributed by atoms with van der Waals surface area (Å²) < 4.78 is 71.6. The molecule has 0 amide bonds. The van der Waals surface area contributed by atoms with E-state index >= 15 is 0 Å². The van der Waals surface area contributed by atoms with E-state index in [4.69, 9.17) is 23.2 Å². The van der Waals surface area contributed by atoms with E-state index < -0.39 is 35.4 Å². The predicted molar refractivity (Wildman–Crippen MR) is 149 cm³/mol. The van der Waals surface area contributed by atoms with Gasteiger partial charge in [0, 0.05) is 36.0 Å². The molecule has 2 aromatic rings. The molecule has 0 aromatic heterocycles. The summed E-state index contributed by atoms with van der Waals surface area (Å²) in [5.74, 6) is 0. The summed E-state index contributed by atoms with van der Waals surface area (Å²) in [7, 11) is -8.98. The van der Waals surface area contributed by atoms with E-state index in [0.29, 0.717) is 39.5 Å². The Morgan fingerprint density at radius 2 is 1.46 bits per heavy atom. The third-order valence-corrected chi connectivity index (χ3v) is 15.1. The van der Waals surface area contributed by atoms with Crippen molar-refractivity contribution in [2.75, 3.05) is 13.1 Å². The lowest BCUT2D eigenvalue weighted by molar-refractivity contribution is 0.0676. The molecule has 37 heavy (non-hydrogen) atoms. The number of hydrogen-bond acceptors (Lipinski definition) is 6. The summed E-state index contributed by atoms with van der Waals surface area (Å²) in [4.78, 5) is -1.38. The molecule has 2 spiro atoms. The fourth-order valence-corrected chi connectivity index (χ4v) is 12.0. The van der Waals surface area contributed by atoms with Gasteiger partial charge in [-0.25, -0.2) is 4.48 Å². The lowest BCUT2D eigenvalue weighted by Gasteiger charge is -2.57. The summed E-state index contributed by atoms with van der Waals surface area (Å²) in [6.45, 7) is 3.95. The molecule has 14 heteroatoms. The van der Waals surface area contributed by atoms with E-state index in [1.54, 1.807) is 31.2 Å². The molecule has 2 N–H and O–H groups in total. The molecule has 4 heterocycles. The highest BCUT2D eigenvalue weighted by Gasteiger charge is 2.74. The van der Waals surface area contributed by atoms with Gasteiger partial charge in [0.05, 0.1) is 41.8 Å². The minimum atomic E-state index is -4.50. The van der Waals surface area contributed by atoms with Gasteiger partial charge in [0.1, 0.15) is 0 Å². The van der Waals surface area contributed by atoms with Crippen LogP contribution in [0.1, 0.15) is 26.7 Å². The Labute approximate surface area is 234 Å². The summed E-state index contributed by atoms with van der Waals surface area (Å²) in [5, 5.41) is 1.08. The Hall–Kier alpha value is -0.800. The lowest BCUT2D eigenvalue weighted by Crippen LogP contribution is -2.79. The number of hydrogen-bond donors (Lipinski definition) is 2. The van der Waals surface area contributed by atoms with Gasteiger partial charge in [-0.3, -0.25) is 13.6 Å². The Balaban J connectivity index is 1.58. The van der Waals surface area contributed by atoms with Gasteiger partial charge >= 0.3 is 20.2 Å². The molecule has 0 saturated carbocycles. The zero-order valence-corrected chi connectivity index (χ0v) is 24.5. The minimum Gasteiger partial charge on any atom is -0.281 e. The Bertz CT molecular complexity index is 1630. The number of nitrogens with zero attached hydrogens (tertiary/aromatic N) is 2. The third kappa shape index (κ3) is 3.14. The number of halogens is 2. The minimum absolute atomic E-state index is 0.0594. The predicted octanol–water partition coefficient (Wildman–Crippen LogP) is 5.70. The summed E-state index contributed by atoms with van der Waals surface area (Å²) in [6.07, 6.45) is 2.41. The van der Waals surface area contributed by atoms with E-state index in [1.165, 1.54) is 30.4 Å². The summed E-state index contributed by atoms with van der Waals surface area (Å²) >= 11 is 15.5. The van der Waals surface area contributed by atoms with Crippen LogP contribution in [0, 0.1) is 0 Å². The topological polar surface area (TPSA) is 109 Å². The van der Waals surface area contributed by atoms with Gasteiger partial charge in [0.2, 0.25) is 9.74 Å². The van der Waals surface area contributed by atoms with E-state index in [9.17, 15) is 25.9 Å². The maximum Gasteiger partial charge on any atom is 0.323 e. The van der Waals surface area contributed by atoms with Crippen LogP contribution in [-0.4, -0.2) is 54.1 Å². The molecule has 0 aliphatic carbocycles. The molecule has 2 fully saturated rings. The van der Waals surface area contributed by atoms with Crippen molar-refractivity contribution in [2.24, 2.45) is 0 Å². The van der Waals surface area contributed by atoms with Crippen LogP contribution in [0.2, 0.25) is 10.0 Å². The highest BCUT2D eigenvalue weighted by Crippen LogP contribution is 2.65. The number of benzene rings is 2. The standard InChI is InChI=1S/C23H22Cl2N2O6S4/c1-22(36(28,29)30)7-9-26(22)16-11-14(24)3-5-18(16)34-20(26)13-21-27(10-8-23(27,2)37(31,32)33)17-12-15(25)4-6-19(17)35-21/h3-6,11-13,20H,7-10H2,1-2H3/p+2. The van der Waals surface area contributed by atoms with Crippen LogP contribution in [-0.2, 0) is 20.2 Å². The van der Waals surface area contributed by atoms with Crippen molar-refractivity contribution in [1.82, 2.24) is 8.97 Å². The zero-order chi connectivity index (χ0) is 26.8. The molecule has 4 aliphatic rings. The summed E-state index contributed by atoms with van der Waals surface area (Å²) in [6, 6.07) is 10.6. The van der Waals surface area contributed by atoms with Crippen LogP contribution in [0.15, 0.2) is 57.3 Å². The van der Waals surface area contributed by atoms with Gasteiger partial charge in [-0.15, -0.1) is 0 Å². The van der Waals surface area contributed by atoms with Gasteiger partial charge < -0.3 is 0 Å². The van der Waals surface area contributed by atoms with E-state index in [-0.39, 0.29) is 21.8 Å². The van der Waals surface area contributed by atoms with Crippen molar-refractivity contribution in [3.05, 3.63) is 57.5 Å². The summed E-state index contributed by atoms with van der Waals surface area (Å²) in [5.41, 5.74) is 1.40. The maximum absolute atomic E-state index is 12.8. The molecule has 4 aliphatic heterocycles. The van der Waals surface area contributed by atoms with Gasteiger partial charge in [-0.1, -0.05) is 35.0 Å². The first kappa shape index (κ1) is 26.4. The molecule has 198 valence electrons. The Morgan fingerprint density at radius 1 is 0.892 bits per heavy atom. The van der Waals surface area contributed by atoms with E-state index in [1.807, 2.05) is 18.2 Å². The fourth-order valence-electron chi connectivity index (χ4n) is 6.36. The third-order valence-electron chi connectivity index (χ3n) is 8.84. The Morgan fingerprint density at radius 3 is 1.97 bits per heavy atom. The van der Waals surface area contributed by atoms with Crippen LogP contribution in [0.3, 0.4) is 0 Å². The second-order valence-electron chi connectivity index (χ2n) is 10.3. The van der Waals surface area contributed by atoms with Crippen molar-refractivity contribution < 1.29 is 25.9 Å². The monoisotopic (exact) mass is 622 g/mol. The zero-order valence-electron chi connectivity index (χ0n) is 19.8. The normalized spacial score (nSPS) is 37.5. The average Bonchev–Trinajstić information content (AvgIpc) is 3.29. The van der Waals surface area contributed by atoms with Crippen LogP contribution in [0.4, 0.5) is 11.4 Å². The van der Waals surface area contributed by atoms with Gasteiger partial charge in [-0.2, -0.15) is 16.8 Å². The van der Waals surface area contributed by atoms with Crippen molar-refractivity contribution >= 4 is 78.3 Å². The molecular formula is C23H24Cl2N2O6S4+2. The Kier molecular flexibility index (Phi) is 5.64. The van der Waals surface area contributed by atoms with E-state index in [0.717, 1.165) is 9.79 Å². The molecule has 5 unspecified atom stereocenters. The van der Waals surface area contributed by atoms with Crippen LogP contribution < -0.4 is 8.97 Å². The van der Waals surface area contributed by atoms with Crippen LogP contribution in [0.25, 0.3) is 0 Å². The molecule has 0 bridgehead atoms. The quantitative estimate of drug-likeness (QED) is 0.331. The van der Waals surface area contributed by atoms with Crippen molar-refractivity contribution in [3.8, 4) is 0 Å².